The number of amides is 2. The average Bonchev–Trinajstić information content (AvgIpc) is 2.95. The SMILES string of the molecule is Cc1cc(Br)c(Cl)cc1NC(=O)[C@H]1CC(=O)N(c2ccccc2C)C1. The van der Waals surface area contributed by atoms with Crippen molar-refractivity contribution in [3.63, 3.8) is 0 Å². The molecular formula is C19H18BrClN2O2. The lowest BCUT2D eigenvalue weighted by molar-refractivity contribution is -0.122. The summed E-state index contributed by atoms with van der Waals surface area (Å²) in [4.78, 5) is 26.7. The molecule has 1 heterocycles. The minimum Gasteiger partial charge on any atom is -0.325 e. The zero-order chi connectivity index (χ0) is 18.1. The summed E-state index contributed by atoms with van der Waals surface area (Å²) in [5, 5.41) is 3.44. The summed E-state index contributed by atoms with van der Waals surface area (Å²) < 4.78 is 0.784. The zero-order valence-electron chi connectivity index (χ0n) is 14.0. The van der Waals surface area contributed by atoms with Crippen LogP contribution in [0.1, 0.15) is 17.5 Å². The van der Waals surface area contributed by atoms with E-state index in [1.54, 1.807) is 11.0 Å². The number of anilines is 2. The number of halogens is 2. The van der Waals surface area contributed by atoms with Gasteiger partial charge < -0.3 is 10.2 Å². The maximum Gasteiger partial charge on any atom is 0.229 e. The van der Waals surface area contributed by atoms with Gasteiger partial charge in [-0.1, -0.05) is 29.8 Å². The fraction of sp³-hybridized carbons (Fsp3) is 0.263. The molecule has 1 N–H and O–H groups in total. The molecule has 1 aliphatic heterocycles. The Morgan fingerprint density at radius 1 is 1.24 bits per heavy atom. The van der Waals surface area contributed by atoms with Crippen molar-refractivity contribution in [2.24, 2.45) is 5.92 Å². The van der Waals surface area contributed by atoms with Gasteiger partial charge in [0.05, 0.1) is 10.9 Å². The molecule has 130 valence electrons. The van der Waals surface area contributed by atoms with Gasteiger partial charge in [0.2, 0.25) is 11.8 Å². The third kappa shape index (κ3) is 3.72. The molecule has 1 saturated heterocycles. The van der Waals surface area contributed by atoms with Crippen LogP contribution in [0.4, 0.5) is 11.4 Å². The first-order valence-corrected chi connectivity index (χ1v) is 9.16. The van der Waals surface area contributed by atoms with Crippen molar-refractivity contribution < 1.29 is 9.59 Å². The van der Waals surface area contributed by atoms with Gasteiger partial charge in [0.15, 0.2) is 0 Å². The highest BCUT2D eigenvalue weighted by atomic mass is 79.9. The number of hydrogen-bond acceptors (Lipinski definition) is 2. The third-order valence-electron chi connectivity index (χ3n) is 4.43. The van der Waals surface area contributed by atoms with Crippen LogP contribution in [0.15, 0.2) is 40.9 Å². The quantitative estimate of drug-likeness (QED) is 0.780. The molecule has 0 aromatic heterocycles. The van der Waals surface area contributed by atoms with E-state index in [4.69, 9.17) is 11.6 Å². The number of carbonyl (C=O) groups excluding carboxylic acids is 2. The number of benzene rings is 2. The smallest absolute Gasteiger partial charge is 0.229 e. The topological polar surface area (TPSA) is 49.4 Å². The summed E-state index contributed by atoms with van der Waals surface area (Å²) in [6.07, 6.45) is 0.212. The minimum absolute atomic E-state index is 0.0278. The van der Waals surface area contributed by atoms with Crippen LogP contribution in [0, 0.1) is 19.8 Å². The Morgan fingerprint density at radius 2 is 1.96 bits per heavy atom. The summed E-state index contributed by atoms with van der Waals surface area (Å²) >= 11 is 9.48. The highest BCUT2D eigenvalue weighted by molar-refractivity contribution is 9.10. The standard InChI is InChI=1S/C19H18BrClN2O2/c1-11-5-3-4-6-17(11)23-10-13(8-18(23)24)19(25)22-16-9-15(21)14(20)7-12(16)2/h3-7,9,13H,8,10H2,1-2H3,(H,22,25)/t13-/m0/s1. The number of para-hydroxylation sites is 1. The van der Waals surface area contributed by atoms with Crippen LogP contribution >= 0.6 is 27.5 Å². The molecule has 0 bridgehead atoms. The van der Waals surface area contributed by atoms with Crippen LogP contribution in [0.2, 0.25) is 5.02 Å². The summed E-state index contributed by atoms with van der Waals surface area (Å²) in [6, 6.07) is 11.3. The second-order valence-electron chi connectivity index (χ2n) is 6.26. The Hall–Kier alpha value is -1.85. The summed E-state index contributed by atoms with van der Waals surface area (Å²) in [5.41, 5.74) is 3.46. The first-order valence-electron chi connectivity index (χ1n) is 7.99. The van der Waals surface area contributed by atoms with Crippen LogP contribution in [0.25, 0.3) is 0 Å². The third-order valence-corrected chi connectivity index (χ3v) is 5.62. The highest BCUT2D eigenvalue weighted by Crippen LogP contribution is 2.31. The fourth-order valence-corrected chi connectivity index (χ4v) is 3.62. The van der Waals surface area contributed by atoms with E-state index >= 15 is 0 Å². The molecule has 0 aliphatic carbocycles. The molecule has 2 aromatic carbocycles. The van der Waals surface area contributed by atoms with Crippen molar-refractivity contribution >= 4 is 50.7 Å². The Bertz CT molecular complexity index is 853. The molecule has 2 amide bonds. The van der Waals surface area contributed by atoms with Crippen LogP contribution in [0.3, 0.4) is 0 Å². The molecule has 0 spiro atoms. The van der Waals surface area contributed by atoms with E-state index in [0.717, 1.165) is 21.3 Å². The fourth-order valence-electron chi connectivity index (χ4n) is 3.00. The van der Waals surface area contributed by atoms with Crippen LogP contribution in [-0.2, 0) is 9.59 Å². The van der Waals surface area contributed by atoms with Crippen molar-refractivity contribution in [1.29, 1.82) is 0 Å². The molecule has 1 fully saturated rings. The number of rotatable bonds is 3. The zero-order valence-corrected chi connectivity index (χ0v) is 16.3. The van der Waals surface area contributed by atoms with E-state index < -0.39 is 0 Å². The van der Waals surface area contributed by atoms with Crippen molar-refractivity contribution in [1.82, 2.24) is 0 Å². The number of nitrogens with zero attached hydrogens (tertiary/aromatic N) is 1. The van der Waals surface area contributed by atoms with Gasteiger partial charge in [-0.2, -0.15) is 0 Å². The maximum absolute atomic E-state index is 12.6. The van der Waals surface area contributed by atoms with E-state index in [1.165, 1.54) is 0 Å². The van der Waals surface area contributed by atoms with E-state index in [1.807, 2.05) is 44.2 Å². The second-order valence-corrected chi connectivity index (χ2v) is 7.52. The lowest BCUT2D eigenvalue weighted by Crippen LogP contribution is -2.28. The molecule has 25 heavy (non-hydrogen) atoms. The van der Waals surface area contributed by atoms with Gasteiger partial charge in [-0.05, 0) is 59.1 Å². The van der Waals surface area contributed by atoms with Crippen LogP contribution in [-0.4, -0.2) is 18.4 Å². The molecule has 4 nitrogen and oxygen atoms in total. The molecule has 0 radical (unpaired) electrons. The van der Waals surface area contributed by atoms with Gasteiger partial charge >= 0.3 is 0 Å². The minimum atomic E-state index is -0.381. The average molecular weight is 422 g/mol. The van der Waals surface area contributed by atoms with Gasteiger partial charge in [-0.3, -0.25) is 9.59 Å². The molecule has 2 aromatic rings. The van der Waals surface area contributed by atoms with E-state index in [-0.39, 0.29) is 24.2 Å². The highest BCUT2D eigenvalue weighted by Gasteiger charge is 2.35. The number of carbonyl (C=O) groups is 2. The maximum atomic E-state index is 12.6. The van der Waals surface area contributed by atoms with Crippen molar-refractivity contribution in [2.75, 3.05) is 16.8 Å². The molecule has 6 heteroatoms. The number of nitrogens with one attached hydrogen (secondary N) is 1. The predicted octanol–water partition coefficient (Wildman–Crippen LogP) is 4.71. The van der Waals surface area contributed by atoms with Crippen molar-refractivity contribution in [3.8, 4) is 0 Å². The van der Waals surface area contributed by atoms with Crippen LogP contribution in [0.5, 0.6) is 0 Å². The first-order chi connectivity index (χ1) is 11.9. The van der Waals surface area contributed by atoms with E-state index in [9.17, 15) is 9.59 Å². The van der Waals surface area contributed by atoms with E-state index in [0.29, 0.717) is 17.3 Å². The summed E-state index contributed by atoms with van der Waals surface area (Å²) in [6.45, 7) is 4.25. The van der Waals surface area contributed by atoms with Crippen molar-refractivity contribution in [3.05, 3.63) is 57.0 Å². The van der Waals surface area contributed by atoms with Gasteiger partial charge in [0.25, 0.3) is 0 Å². The largest absolute Gasteiger partial charge is 0.325 e. The first kappa shape index (κ1) is 18.0. The summed E-state index contributed by atoms with van der Waals surface area (Å²) in [7, 11) is 0. The Morgan fingerprint density at radius 3 is 2.68 bits per heavy atom. The van der Waals surface area contributed by atoms with E-state index in [2.05, 4.69) is 21.2 Å². The Kier molecular flexibility index (Phi) is 5.16. The van der Waals surface area contributed by atoms with Crippen LogP contribution < -0.4 is 10.2 Å². The lowest BCUT2D eigenvalue weighted by Gasteiger charge is -2.19. The monoisotopic (exact) mass is 420 g/mol. The normalized spacial score (nSPS) is 17.0. The molecule has 1 atom stereocenters. The number of hydrogen-bond donors (Lipinski definition) is 1. The second kappa shape index (κ2) is 7.18. The van der Waals surface area contributed by atoms with Gasteiger partial charge in [0.1, 0.15) is 0 Å². The predicted molar refractivity (Wildman–Crippen MR) is 104 cm³/mol. The summed E-state index contributed by atoms with van der Waals surface area (Å²) in [5.74, 6) is -0.570. The molecule has 1 aliphatic rings. The van der Waals surface area contributed by atoms with Gasteiger partial charge in [0, 0.05) is 28.8 Å². The molecule has 0 unspecified atom stereocenters. The molecule has 0 saturated carbocycles. The lowest BCUT2D eigenvalue weighted by atomic mass is 10.1. The van der Waals surface area contributed by atoms with Gasteiger partial charge in [-0.15, -0.1) is 0 Å². The van der Waals surface area contributed by atoms with Crippen molar-refractivity contribution in [2.45, 2.75) is 20.3 Å². The Balaban J connectivity index is 1.75. The van der Waals surface area contributed by atoms with Gasteiger partial charge in [-0.25, -0.2) is 0 Å². The number of aryl methyl sites for hydroxylation is 2. The molecule has 3 rings (SSSR count). The molecular weight excluding hydrogens is 404 g/mol. The Labute approximate surface area is 160 Å².